The van der Waals surface area contributed by atoms with Crippen LogP contribution in [0.3, 0.4) is 0 Å². The van der Waals surface area contributed by atoms with Crippen LogP contribution in [-0.2, 0) is 6.42 Å². The highest BCUT2D eigenvalue weighted by Crippen LogP contribution is 2.10. The third-order valence-electron chi connectivity index (χ3n) is 1.36. The molecule has 0 nitrogen and oxygen atoms in total. The minimum absolute atomic E-state index is 0.788. The molecular formula is C9H8BrCl. The maximum atomic E-state index is 5.72. The van der Waals surface area contributed by atoms with Crippen LogP contribution in [0.5, 0.6) is 0 Å². The second-order valence-corrected chi connectivity index (χ2v) is 3.16. The lowest BCUT2D eigenvalue weighted by Crippen LogP contribution is -1.77. The van der Waals surface area contributed by atoms with Gasteiger partial charge in [0.25, 0.3) is 0 Å². The van der Waals surface area contributed by atoms with Crippen molar-refractivity contribution in [2.75, 3.05) is 0 Å². The monoisotopic (exact) mass is 230 g/mol. The Bertz CT molecular complexity index is 238. The van der Waals surface area contributed by atoms with Crippen LogP contribution in [0.2, 0.25) is 5.02 Å². The zero-order valence-corrected chi connectivity index (χ0v) is 8.27. The molecule has 1 rings (SSSR count). The molecule has 58 valence electrons. The second-order valence-electron chi connectivity index (χ2n) is 2.19. The highest BCUT2D eigenvalue weighted by molar-refractivity contribution is 9.11. The predicted octanol–water partition coefficient (Wildman–Crippen LogP) is 3.79. The van der Waals surface area contributed by atoms with Crippen LogP contribution in [0, 0.1) is 0 Å². The van der Waals surface area contributed by atoms with Gasteiger partial charge in [0, 0.05) is 5.02 Å². The minimum Gasteiger partial charge on any atom is -0.0843 e. The Labute approximate surface area is 80.0 Å². The van der Waals surface area contributed by atoms with Crippen molar-refractivity contribution in [2.45, 2.75) is 6.42 Å². The first-order chi connectivity index (χ1) is 5.33. The summed E-state index contributed by atoms with van der Waals surface area (Å²) in [7, 11) is 0. The predicted molar refractivity (Wildman–Crippen MR) is 53.2 cm³/mol. The van der Waals surface area contributed by atoms with Crippen LogP contribution in [0.25, 0.3) is 0 Å². The first kappa shape index (κ1) is 8.82. The highest BCUT2D eigenvalue weighted by atomic mass is 79.9. The Morgan fingerprint density at radius 3 is 2.45 bits per heavy atom. The number of allylic oxidation sites excluding steroid dienone is 1. The van der Waals surface area contributed by atoms with Crippen molar-refractivity contribution < 1.29 is 0 Å². The van der Waals surface area contributed by atoms with Gasteiger partial charge in [0.1, 0.15) is 0 Å². The molecule has 0 bridgehead atoms. The molecule has 0 saturated heterocycles. The van der Waals surface area contributed by atoms with Crippen molar-refractivity contribution in [3.63, 3.8) is 0 Å². The average Bonchev–Trinajstić information content (AvgIpc) is 2.04. The van der Waals surface area contributed by atoms with E-state index in [-0.39, 0.29) is 0 Å². The van der Waals surface area contributed by atoms with Gasteiger partial charge in [-0.25, -0.2) is 0 Å². The topological polar surface area (TPSA) is 0 Å². The maximum Gasteiger partial charge on any atom is 0.0406 e. The number of halogens is 2. The van der Waals surface area contributed by atoms with Gasteiger partial charge >= 0.3 is 0 Å². The summed E-state index contributed by atoms with van der Waals surface area (Å²) in [6.07, 6.45) is 2.99. The molecule has 0 fully saturated rings. The highest BCUT2D eigenvalue weighted by Gasteiger charge is 1.88. The van der Waals surface area contributed by atoms with E-state index in [0.717, 1.165) is 11.4 Å². The van der Waals surface area contributed by atoms with Crippen LogP contribution < -0.4 is 0 Å². The van der Waals surface area contributed by atoms with Crippen LogP contribution >= 0.6 is 27.5 Å². The number of benzene rings is 1. The molecule has 0 saturated carbocycles. The molecule has 0 spiro atoms. The molecule has 0 aliphatic rings. The van der Waals surface area contributed by atoms with E-state index in [2.05, 4.69) is 15.9 Å². The first-order valence-corrected chi connectivity index (χ1v) is 4.62. The van der Waals surface area contributed by atoms with E-state index in [4.69, 9.17) is 11.6 Å². The molecule has 0 N–H and O–H groups in total. The lowest BCUT2D eigenvalue weighted by molar-refractivity contribution is 1.28. The van der Waals surface area contributed by atoms with Gasteiger partial charge in [0.05, 0.1) is 0 Å². The Balaban J connectivity index is 2.66. The van der Waals surface area contributed by atoms with Crippen molar-refractivity contribution >= 4 is 27.5 Å². The molecule has 0 radical (unpaired) electrons. The molecule has 0 amide bonds. The third-order valence-corrected chi connectivity index (χ3v) is 1.98. The largest absolute Gasteiger partial charge is 0.0843 e. The normalized spacial score (nSPS) is 10.7. The van der Waals surface area contributed by atoms with E-state index >= 15 is 0 Å². The Kier molecular flexibility index (Phi) is 3.67. The Morgan fingerprint density at radius 1 is 1.27 bits per heavy atom. The second kappa shape index (κ2) is 4.58. The lowest BCUT2D eigenvalue weighted by atomic mass is 10.2. The number of hydrogen-bond donors (Lipinski definition) is 0. The van der Waals surface area contributed by atoms with Crippen molar-refractivity contribution in [1.29, 1.82) is 0 Å². The SMILES string of the molecule is Clc1ccc(C/C=C/Br)cc1. The third kappa shape index (κ3) is 3.08. The number of hydrogen-bond acceptors (Lipinski definition) is 0. The smallest absolute Gasteiger partial charge is 0.0406 e. The lowest BCUT2D eigenvalue weighted by Gasteiger charge is -1.94. The molecule has 1 aromatic carbocycles. The summed E-state index contributed by atoms with van der Waals surface area (Å²) in [5, 5.41) is 0.788. The van der Waals surface area contributed by atoms with E-state index in [1.807, 2.05) is 35.3 Å². The standard InChI is InChI=1S/C9H8BrCl/c10-7-1-2-8-3-5-9(11)6-4-8/h1,3-7H,2H2/b7-1+. The summed E-state index contributed by atoms with van der Waals surface area (Å²) in [5.74, 6) is 0. The van der Waals surface area contributed by atoms with Gasteiger partial charge in [-0.15, -0.1) is 0 Å². The van der Waals surface area contributed by atoms with E-state index < -0.39 is 0 Å². The van der Waals surface area contributed by atoms with Gasteiger partial charge in [-0.05, 0) is 29.1 Å². The fourth-order valence-electron chi connectivity index (χ4n) is 0.801. The molecule has 1 aromatic rings. The summed E-state index contributed by atoms with van der Waals surface area (Å²) < 4.78 is 0. The van der Waals surface area contributed by atoms with E-state index in [0.29, 0.717) is 0 Å². The van der Waals surface area contributed by atoms with Gasteiger partial charge < -0.3 is 0 Å². The summed E-state index contributed by atoms with van der Waals surface area (Å²) in [6.45, 7) is 0. The van der Waals surface area contributed by atoms with E-state index in [1.165, 1.54) is 5.56 Å². The van der Waals surface area contributed by atoms with Crippen LogP contribution in [0.1, 0.15) is 5.56 Å². The number of rotatable bonds is 2. The van der Waals surface area contributed by atoms with Gasteiger partial charge in [-0.2, -0.15) is 0 Å². The molecule has 0 aliphatic heterocycles. The summed E-state index contributed by atoms with van der Waals surface area (Å²) in [6, 6.07) is 7.85. The average molecular weight is 232 g/mol. The van der Waals surface area contributed by atoms with Gasteiger partial charge in [-0.1, -0.05) is 45.7 Å². The molecule has 2 heteroatoms. The Hall–Kier alpha value is -0.270. The van der Waals surface area contributed by atoms with Crippen molar-refractivity contribution in [3.05, 3.63) is 45.9 Å². The minimum atomic E-state index is 0.788. The molecule has 0 atom stereocenters. The van der Waals surface area contributed by atoms with E-state index in [9.17, 15) is 0 Å². The molecule has 0 aromatic heterocycles. The zero-order valence-electron chi connectivity index (χ0n) is 5.93. The zero-order chi connectivity index (χ0) is 8.10. The molecular weight excluding hydrogens is 223 g/mol. The molecule has 0 aliphatic carbocycles. The summed E-state index contributed by atoms with van der Waals surface area (Å²) in [5.41, 5.74) is 1.27. The van der Waals surface area contributed by atoms with E-state index in [1.54, 1.807) is 0 Å². The van der Waals surface area contributed by atoms with Crippen molar-refractivity contribution in [1.82, 2.24) is 0 Å². The molecule has 0 heterocycles. The van der Waals surface area contributed by atoms with Crippen LogP contribution in [0.4, 0.5) is 0 Å². The molecule has 0 unspecified atom stereocenters. The summed E-state index contributed by atoms with van der Waals surface area (Å²) in [4.78, 5) is 1.86. The van der Waals surface area contributed by atoms with Gasteiger partial charge in [0.15, 0.2) is 0 Å². The van der Waals surface area contributed by atoms with Crippen molar-refractivity contribution in [2.24, 2.45) is 0 Å². The fraction of sp³-hybridized carbons (Fsp3) is 0.111. The summed E-state index contributed by atoms with van der Waals surface area (Å²) >= 11 is 8.93. The molecule has 11 heavy (non-hydrogen) atoms. The van der Waals surface area contributed by atoms with Crippen LogP contribution in [-0.4, -0.2) is 0 Å². The first-order valence-electron chi connectivity index (χ1n) is 3.32. The quantitative estimate of drug-likeness (QED) is 0.726. The fourth-order valence-corrected chi connectivity index (χ4v) is 1.11. The van der Waals surface area contributed by atoms with Crippen molar-refractivity contribution in [3.8, 4) is 0 Å². The maximum absolute atomic E-state index is 5.72. The van der Waals surface area contributed by atoms with Gasteiger partial charge in [0.2, 0.25) is 0 Å². The van der Waals surface area contributed by atoms with Crippen LogP contribution in [0.15, 0.2) is 35.3 Å². The Morgan fingerprint density at radius 2 is 1.91 bits per heavy atom. The van der Waals surface area contributed by atoms with Gasteiger partial charge in [-0.3, -0.25) is 0 Å².